The highest BCUT2D eigenvalue weighted by Crippen LogP contribution is 2.15. The van der Waals surface area contributed by atoms with E-state index in [9.17, 15) is 4.79 Å². The molecule has 1 N–H and O–H groups in total. The summed E-state index contributed by atoms with van der Waals surface area (Å²) in [6, 6.07) is 1.48. The molecule has 0 bridgehead atoms. The van der Waals surface area contributed by atoms with Gasteiger partial charge in [-0.25, -0.2) is 5.48 Å². The number of hydrogen-bond donors (Lipinski definition) is 1. The van der Waals surface area contributed by atoms with E-state index in [1.54, 1.807) is 0 Å². The zero-order valence-electron chi connectivity index (χ0n) is 5.76. The van der Waals surface area contributed by atoms with Crippen LogP contribution in [0, 0.1) is 0 Å². The Morgan fingerprint density at radius 2 is 2.55 bits per heavy atom. The number of carbonyl (C=O) groups excluding carboxylic acids is 1. The monoisotopic (exact) mass is 175 g/mol. The van der Waals surface area contributed by atoms with Gasteiger partial charge in [-0.1, -0.05) is 11.6 Å². The molecule has 5 heteroatoms. The Labute approximate surface area is 68.0 Å². The number of hydroxylamine groups is 1. The van der Waals surface area contributed by atoms with Crippen molar-refractivity contribution in [2.75, 3.05) is 7.11 Å². The van der Waals surface area contributed by atoms with E-state index in [1.165, 1.54) is 19.4 Å². The van der Waals surface area contributed by atoms with Crippen LogP contribution in [-0.4, -0.2) is 13.0 Å². The fraction of sp³-hybridized carbons (Fsp3) is 0.167. The molecular weight excluding hydrogens is 170 g/mol. The van der Waals surface area contributed by atoms with Gasteiger partial charge in [-0.05, 0) is 6.07 Å². The first kappa shape index (κ1) is 8.10. The smallest absolute Gasteiger partial charge is 0.312 e. The number of furan rings is 1. The maximum absolute atomic E-state index is 10.9. The largest absolute Gasteiger partial charge is 0.457 e. The van der Waals surface area contributed by atoms with Crippen molar-refractivity contribution >= 4 is 17.5 Å². The lowest BCUT2D eigenvalue weighted by Gasteiger charge is -1.97. The maximum Gasteiger partial charge on any atom is 0.312 e. The Bertz CT molecular complexity index is 258. The predicted molar refractivity (Wildman–Crippen MR) is 38.2 cm³/mol. The van der Waals surface area contributed by atoms with E-state index in [0.717, 1.165) is 0 Å². The Morgan fingerprint density at radius 1 is 1.82 bits per heavy atom. The van der Waals surface area contributed by atoms with E-state index >= 15 is 0 Å². The molecule has 0 saturated heterocycles. The molecule has 0 atom stereocenters. The lowest BCUT2D eigenvalue weighted by Crippen LogP contribution is -2.21. The van der Waals surface area contributed by atoms with Crippen LogP contribution < -0.4 is 5.48 Å². The highest BCUT2D eigenvalue weighted by atomic mass is 35.5. The van der Waals surface area contributed by atoms with Gasteiger partial charge in [0.1, 0.15) is 0 Å². The summed E-state index contributed by atoms with van der Waals surface area (Å²) < 4.78 is 4.75. The van der Waals surface area contributed by atoms with Gasteiger partial charge in [0.2, 0.25) is 5.76 Å². The van der Waals surface area contributed by atoms with Gasteiger partial charge in [0, 0.05) is 0 Å². The Morgan fingerprint density at radius 3 is 3.00 bits per heavy atom. The summed E-state index contributed by atoms with van der Waals surface area (Å²) in [7, 11) is 1.33. The first-order valence-electron chi connectivity index (χ1n) is 2.82. The van der Waals surface area contributed by atoms with E-state index in [2.05, 4.69) is 10.3 Å². The number of amides is 1. The second-order valence-electron chi connectivity index (χ2n) is 1.73. The fourth-order valence-electron chi connectivity index (χ4n) is 0.595. The third kappa shape index (κ3) is 1.72. The lowest BCUT2D eigenvalue weighted by molar-refractivity contribution is 0.0510. The van der Waals surface area contributed by atoms with Crippen LogP contribution in [0.3, 0.4) is 0 Å². The third-order valence-corrected chi connectivity index (χ3v) is 1.32. The predicted octanol–water partition coefficient (Wildman–Crippen LogP) is 1.22. The Kier molecular flexibility index (Phi) is 2.51. The van der Waals surface area contributed by atoms with Gasteiger partial charge in [-0.2, -0.15) is 0 Å². The number of carbonyl (C=O) groups is 1. The topological polar surface area (TPSA) is 51.5 Å². The molecule has 0 radical (unpaired) electrons. The van der Waals surface area contributed by atoms with Gasteiger partial charge in [0.05, 0.1) is 18.4 Å². The number of rotatable bonds is 2. The lowest BCUT2D eigenvalue weighted by atomic mass is 10.4. The molecule has 0 aliphatic carbocycles. The SMILES string of the molecule is CONC(=O)c1occc1Cl. The molecule has 0 aromatic carbocycles. The molecule has 0 fully saturated rings. The Hall–Kier alpha value is -1.00. The Balaban J connectivity index is 2.76. The van der Waals surface area contributed by atoms with Crippen molar-refractivity contribution in [3.63, 3.8) is 0 Å². The van der Waals surface area contributed by atoms with Crippen molar-refractivity contribution in [3.8, 4) is 0 Å². The summed E-state index contributed by atoms with van der Waals surface area (Å²) in [5, 5.41) is 0.263. The van der Waals surface area contributed by atoms with Crippen LogP contribution >= 0.6 is 11.6 Å². The van der Waals surface area contributed by atoms with Gasteiger partial charge in [0.25, 0.3) is 0 Å². The first-order chi connectivity index (χ1) is 5.25. The molecule has 0 unspecified atom stereocenters. The van der Waals surface area contributed by atoms with Gasteiger partial charge >= 0.3 is 5.91 Å². The molecule has 1 amide bonds. The molecule has 0 aliphatic heterocycles. The highest BCUT2D eigenvalue weighted by Gasteiger charge is 2.12. The van der Waals surface area contributed by atoms with Crippen molar-refractivity contribution in [2.45, 2.75) is 0 Å². The second kappa shape index (κ2) is 3.41. The molecule has 4 nitrogen and oxygen atoms in total. The van der Waals surface area contributed by atoms with Crippen LogP contribution in [0.5, 0.6) is 0 Å². The molecular formula is C6H6ClNO3. The molecule has 0 spiro atoms. The summed E-state index contributed by atoms with van der Waals surface area (Å²) in [5.41, 5.74) is 2.07. The summed E-state index contributed by atoms with van der Waals surface area (Å²) in [6.45, 7) is 0. The molecule has 11 heavy (non-hydrogen) atoms. The van der Waals surface area contributed by atoms with Crippen LogP contribution in [0.1, 0.15) is 10.6 Å². The molecule has 1 rings (SSSR count). The van der Waals surface area contributed by atoms with Crippen LogP contribution in [0.25, 0.3) is 0 Å². The zero-order valence-corrected chi connectivity index (χ0v) is 6.51. The van der Waals surface area contributed by atoms with E-state index in [0.29, 0.717) is 0 Å². The second-order valence-corrected chi connectivity index (χ2v) is 2.14. The fourth-order valence-corrected chi connectivity index (χ4v) is 0.777. The summed E-state index contributed by atoms with van der Waals surface area (Å²) in [4.78, 5) is 15.3. The van der Waals surface area contributed by atoms with Crippen molar-refractivity contribution in [1.82, 2.24) is 5.48 Å². The van der Waals surface area contributed by atoms with Crippen molar-refractivity contribution in [3.05, 3.63) is 23.1 Å². The van der Waals surface area contributed by atoms with Gasteiger partial charge < -0.3 is 4.42 Å². The van der Waals surface area contributed by atoms with Crippen LogP contribution in [0.4, 0.5) is 0 Å². The summed E-state index contributed by atoms with van der Waals surface area (Å²) in [5.74, 6) is -0.448. The molecule has 1 aromatic rings. The average Bonchev–Trinajstić information content (AvgIpc) is 2.36. The van der Waals surface area contributed by atoms with Gasteiger partial charge in [-0.3, -0.25) is 9.63 Å². The quantitative estimate of drug-likeness (QED) is 0.688. The van der Waals surface area contributed by atoms with Crippen molar-refractivity contribution in [1.29, 1.82) is 0 Å². The molecule has 1 aromatic heterocycles. The van der Waals surface area contributed by atoms with E-state index in [4.69, 9.17) is 16.0 Å². The zero-order chi connectivity index (χ0) is 8.27. The standard InChI is InChI=1S/C6H6ClNO3/c1-10-8-6(9)5-4(7)2-3-11-5/h2-3H,1H3,(H,8,9). The number of hydrogen-bond acceptors (Lipinski definition) is 3. The van der Waals surface area contributed by atoms with E-state index < -0.39 is 5.91 Å². The number of nitrogens with one attached hydrogen (secondary N) is 1. The van der Waals surface area contributed by atoms with Gasteiger partial charge in [-0.15, -0.1) is 0 Å². The molecule has 1 heterocycles. The van der Waals surface area contributed by atoms with E-state index in [-0.39, 0.29) is 10.8 Å². The summed E-state index contributed by atoms with van der Waals surface area (Å²) >= 11 is 5.56. The van der Waals surface area contributed by atoms with Crippen molar-refractivity contribution < 1.29 is 14.0 Å². The first-order valence-corrected chi connectivity index (χ1v) is 3.20. The number of halogens is 1. The van der Waals surface area contributed by atoms with Crippen LogP contribution in [-0.2, 0) is 4.84 Å². The minimum Gasteiger partial charge on any atom is -0.457 e. The summed E-state index contributed by atoms with van der Waals surface area (Å²) in [6.07, 6.45) is 1.33. The minimum absolute atomic E-state index is 0.0496. The molecule has 0 saturated carbocycles. The van der Waals surface area contributed by atoms with Crippen LogP contribution in [0.15, 0.2) is 16.7 Å². The van der Waals surface area contributed by atoms with Crippen molar-refractivity contribution in [2.24, 2.45) is 0 Å². The van der Waals surface area contributed by atoms with E-state index in [1.807, 2.05) is 0 Å². The highest BCUT2D eigenvalue weighted by molar-refractivity contribution is 6.33. The maximum atomic E-state index is 10.9. The molecule has 0 aliphatic rings. The van der Waals surface area contributed by atoms with Gasteiger partial charge in [0.15, 0.2) is 0 Å². The average molecular weight is 176 g/mol. The third-order valence-electron chi connectivity index (χ3n) is 1.02. The normalized spacial score (nSPS) is 9.64. The minimum atomic E-state index is -0.498. The van der Waals surface area contributed by atoms with Crippen LogP contribution in [0.2, 0.25) is 5.02 Å². The molecule has 60 valence electrons.